The van der Waals surface area contributed by atoms with Crippen molar-refractivity contribution >= 4 is 11.4 Å². The van der Waals surface area contributed by atoms with Gasteiger partial charge in [-0.3, -0.25) is 10.1 Å². The first-order valence-electron chi connectivity index (χ1n) is 5.38. The topological polar surface area (TPSA) is 99.9 Å². The summed E-state index contributed by atoms with van der Waals surface area (Å²) in [5.74, 6) is 1.41. The number of benzene rings is 1. The van der Waals surface area contributed by atoms with Crippen LogP contribution in [-0.2, 0) is 6.54 Å². The highest BCUT2D eigenvalue weighted by atomic mass is 16.6. The normalized spacial score (nSPS) is 10.6. The van der Waals surface area contributed by atoms with Gasteiger partial charge in [-0.1, -0.05) is 0 Å². The molecule has 0 radical (unpaired) electrons. The van der Waals surface area contributed by atoms with Crippen molar-refractivity contribution in [2.45, 2.75) is 20.4 Å². The molecule has 7 heteroatoms. The number of aromatic nitrogens is 3. The first kappa shape index (κ1) is 12.0. The Kier molecular flexibility index (Phi) is 2.97. The number of nitrogens with two attached hydrogens (primary N) is 1. The highest BCUT2D eigenvalue weighted by molar-refractivity contribution is 5.52. The zero-order chi connectivity index (χ0) is 13.3. The molecule has 0 aliphatic rings. The van der Waals surface area contributed by atoms with Gasteiger partial charge in [0, 0.05) is 23.4 Å². The van der Waals surface area contributed by atoms with Gasteiger partial charge in [0.05, 0.1) is 11.5 Å². The van der Waals surface area contributed by atoms with Crippen molar-refractivity contribution in [2.24, 2.45) is 0 Å². The fraction of sp³-hybridized carbons (Fsp3) is 0.273. The Morgan fingerprint density at radius 1 is 1.44 bits per heavy atom. The van der Waals surface area contributed by atoms with E-state index in [4.69, 9.17) is 5.73 Å². The summed E-state index contributed by atoms with van der Waals surface area (Å²) in [6, 6.07) is 4.39. The third-order valence-electron chi connectivity index (χ3n) is 2.62. The van der Waals surface area contributed by atoms with Gasteiger partial charge in [0.2, 0.25) is 0 Å². The number of hydrogen-bond acceptors (Lipinski definition) is 5. The Bertz CT molecular complexity index is 605. The molecule has 0 aliphatic carbocycles. The van der Waals surface area contributed by atoms with Crippen LogP contribution < -0.4 is 5.73 Å². The summed E-state index contributed by atoms with van der Waals surface area (Å²) >= 11 is 0. The maximum Gasteiger partial charge on any atom is 0.269 e. The van der Waals surface area contributed by atoms with Gasteiger partial charge in [0.1, 0.15) is 11.6 Å². The first-order chi connectivity index (χ1) is 8.47. The summed E-state index contributed by atoms with van der Waals surface area (Å²) in [6.45, 7) is 3.99. The van der Waals surface area contributed by atoms with Gasteiger partial charge < -0.3 is 5.73 Å². The largest absolute Gasteiger partial charge is 0.398 e. The molecular weight excluding hydrogens is 234 g/mol. The van der Waals surface area contributed by atoms with Gasteiger partial charge in [-0.15, -0.1) is 0 Å². The third kappa shape index (κ3) is 2.29. The molecule has 7 nitrogen and oxygen atoms in total. The van der Waals surface area contributed by atoms with Crippen LogP contribution in [0.4, 0.5) is 11.4 Å². The van der Waals surface area contributed by atoms with Crippen LogP contribution in [0.2, 0.25) is 0 Å². The molecule has 2 rings (SSSR count). The lowest BCUT2D eigenvalue weighted by Crippen LogP contribution is -2.07. The number of nitrogens with zero attached hydrogens (tertiary/aromatic N) is 4. The maximum atomic E-state index is 10.7. The van der Waals surface area contributed by atoms with Crippen molar-refractivity contribution in [3.63, 3.8) is 0 Å². The van der Waals surface area contributed by atoms with Gasteiger partial charge in [-0.25, -0.2) is 9.67 Å². The Labute approximate surface area is 103 Å². The van der Waals surface area contributed by atoms with E-state index in [-0.39, 0.29) is 5.69 Å². The van der Waals surface area contributed by atoms with Crippen molar-refractivity contribution in [3.05, 3.63) is 45.5 Å². The van der Waals surface area contributed by atoms with E-state index in [1.54, 1.807) is 11.6 Å². The van der Waals surface area contributed by atoms with Crippen LogP contribution in [-0.4, -0.2) is 19.7 Å². The fourth-order valence-electron chi connectivity index (χ4n) is 1.72. The summed E-state index contributed by atoms with van der Waals surface area (Å²) in [4.78, 5) is 14.4. The van der Waals surface area contributed by atoms with E-state index in [9.17, 15) is 10.1 Å². The number of non-ortho nitro benzene ring substituents is 1. The van der Waals surface area contributed by atoms with Crippen LogP contribution in [0.5, 0.6) is 0 Å². The summed E-state index contributed by atoms with van der Waals surface area (Å²) < 4.78 is 1.67. The molecule has 0 saturated heterocycles. The number of anilines is 1. The SMILES string of the molecule is Cc1nc(C)n(Cc2cc([N+](=O)[O-])ccc2N)n1. The lowest BCUT2D eigenvalue weighted by molar-refractivity contribution is -0.384. The molecule has 0 aliphatic heterocycles. The zero-order valence-corrected chi connectivity index (χ0v) is 10.1. The van der Waals surface area contributed by atoms with Gasteiger partial charge in [0.15, 0.2) is 0 Å². The molecule has 0 bridgehead atoms. The maximum absolute atomic E-state index is 10.7. The van der Waals surface area contributed by atoms with Crippen LogP contribution >= 0.6 is 0 Å². The predicted octanol–water partition coefficient (Wildman–Crippen LogP) is 1.43. The van der Waals surface area contributed by atoms with Crippen molar-refractivity contribution in [2.75, 3.05) is 5.73 Å². The van der Waals surface area contributed by atoms with Crippen molar-refractivity contribution in [1.29, 1.82) is 0 Å². The predicted molar refractivity (Wildman–Crippen MR) is 66.1 cm³/mol. The zero-order valence-electron chi connectivity index (χ0n) is 10.1. The molecule has 18 heavy (non-hydrogen) atoms. The van der Waals surface area contributed by atoms with Crippen LogP contribution in [0, 0.1) is 24.0 Å². The standard InChI is InChI=1S/C11H13N5O2/c1-7-13-8(2)15(14-7)6-9-5-10(16(17)18)3-4-11(9)12/h3-5H,6,12H2,1-2H3. The minimum Gasteiger partial charge on any atom is -0.398 e. The molecule has 0 saturated carbocycles. The number of nitro groups is 1. The minimum atomic E-state index is -0.442. The lowest BCUT2D eigenvalue weighted by Gasteiger charge is -2.06. The highest BCUT2D eigenvalue weighted by Crippen LogP contribution is 2.20. The van der Waals surface area contributed by atoms with E-state index >= 15 is 0 Å². The van der Waals surface area contributed by atoms with E-state index in [2.05, 4.69) is 10.1 Å². The molecule has 0 spiro atoms. The van der Waals surface area contributed by atoms with Crippen molar-refractivity contribution < 1.29 is 4.92 Å². The van der Waals surface area contributed by atoms with Crippen molar-refractivity contribution in [3.8, 4) is 0 Å². The van der Waals surface area contributed by atoms with Gasteiger partial charge >= 0.3 is 0 Å². The van der Waals surface area contributed by atoms with Crippen LogP contribution in [0.15, 0.2) is 18.2 Å². The highest BCUT2D eigenvalue weighted by Gasteiger charge is 2.11. The van der Waals surface area contributed by atoms with Gasteiger partial charge in [-0.05, 0) is 19.9 Å². The monoisotopic (exact) mass is 247 g/mol. The molecule has 0 atom stereocenters. The quantitative estimate of drug-likeness (QED) is 0.502. The van der Waals surface area contributed by atoms with Crippen LogP contribution in [0.3, 0.4) is 0 Å². The Morgan fingerprint density at radius 3 is 2.72 bits per heavy atom. The van der Waals surface area contributed by atoms with Gasteiger partial charge in [-0.2, -0.15) is 5.10 Å². The van der Waals surface area contributed by atoms with Gasteiger partial charge in [0.25, 0.3) is 5.69 Å². The molecule has 2 N–H and O–H groups in total. The number of nitrogen functional groups attached to an aromatic ring is 1. The first-order valence-corrected chi connectivity index (χ1v) is 5.38. The van der Waals surface area contributed by atoms with E-state index in [0.717, 1.165) is 5.82 Å². The lowest BCUT2D eigenvalue weighted by atomic mass is 10.1. The van der Waals surface area contributed by atoms with Crippen LogP contribution in [0.25, 0.3) is 0 Å². The third-order valence-corrected chi connectivity index (χ3v) is 2.62. The number of nitro benzene ring substituents is 1. The molecule has 1 aromatic heterocycles. The molecule has 0 unspecified atom stereocenters. The average molecular weight is 247 g/mol. The van der Waals surface area contributed by atoms with E-state index < -0.39 is 4.92 Å². The fourth-order valence-corrected chi connectivity index (χ4v) is 1.72. The second-order valence-corrected chi connectivity index (χ2v) is 4.00. The number of aryl methyl sites for hydroxylation is 2. The Hall–Kier alpha value is -2.44. The van der Waals surface area contributed by atoms with Crippen LogP contribution in [0.1, 0.15) is 17.2 Å². The summed E-state index contributed by atoms with van der Waals surface area (Å²) in [5, 5.41) is 14.9. The second-order valence-electron chi connectivity index (χ2n) is 4.00. The summed E-state index contributed by atoms with van der Waals surface area (Å²) in [7, 11) is 0. The Balaban J connectivity index is 2.36. The average Bonchev–Trinajstić information content (AvgIpc) is 2.60. The Morgan fingerprint density at radius 2 is 2.17 bits per heavy atom. The molecule has 0 fully saturated rings. The molecule has 1 heterocycles. The number of rotatable bonds is 3. The molecule has 94 valence electrons. The number of hydrogen-bond donors (Lipinski definition) is 1. The molecule has 0 amide bonds. The summed E-state index contributed by atoms with van der Waals surface area (Å²) in [6.07, 6.45) is 0. The van der Waals surface area contributed by atoms with E-state index in [0.29, 0.717) is 23.6 Å². The van der Waals surface area contributed by atoms with E-state index in [1.165, 1.54) is 18.2 Å². The second kappa shape index (κ2) is 4.44. The summed E-state index contributed by atoms with van der Waals surface area (Å²) in [5.41, 5.74) is 7.00. The minimum absolute atomic E-state index is 0.0219. The smallest absolute Gasteiger partial charge is 0.269 e. The van der Waals surface area contributed by atoms with Crippen molar-refractivity contribution in [1.82, 2.24) is 14.8 Å². The molecule has 1 aromatic carbocycles. The molecular formula is C11H13N5O2. The molecule has 2 aromatic rings. The van der Waals surface area contributed by atoms with E-state index in [1.807, 2.05) is 6.92 Å².